The van der Waals surface area contributed by atoms with Crippen molar-refractivity contribution in [3.8, 4) is 0 Å². The van der Waals surface area contributed by atoms with Crippen LogP contribution in [0.1, 0.15) is 37.4 Å². The summed E-state index contributed by atoms with van der Waals surface area (Å²) in [6.07, 6.45) is -3.91. The van der Waals surface area contributed by atoms with E-state index < -0.39 is 24.1 Å². The largest absolute Gasteiger partial charge is 0.392 e. The lowest BCUT2D eigenvalue weighted by Gasteiger charge is -2.36. The maximum absolute atomic E-state index is 13.1. The summed E-state index contributed by atoms with van der Waals surface area (Å²) in [5.41, 5.74) is 0.278. The molecule has 0 aromatic heterocycles. The summed E-state index contributed by atoms with van der Waals surface area (Å²) >= 11 is 11.8. The Morgan fingerprint density at radius 1 is 1.15 bits per heavy atom. The molecule has 0 amide bonds. The zero-order valence-electron chi connectivity index (χ0n) is 10.6. The molecule has 1 aliphatic rings. The topological polar surface area (TPSA) is 20.2 Å². The van der Waals surface area contributed by atoms with Crippen LogP contribution >= 0.6 is 23.2 Å². The fraction of sp³-hybridized carbons (Fsp3) is 0.571. The molecule has 1 saturated carbocycles. The highest BCUT2D eigenvalue weighted by atomic mass is 35.5. The lowest BCUT2D eigenvalue weighted by Crippen LogP contribution is -2.36. The molecule has 6 heteroatoms. The number of alkyl halides is 3. The molecule has 112 valence electrons. The summed E-state index contributed by atoms with van der Waals surface area (Å²) in [4.78, 5) is 0. The van der Waals surface area contributed by atoms with Crippen LogP contribution in [0.2, 0.25) is 10.0 Å². The van der Waals surface area contributed by atoms with Crippen LogP contribution < -0.4 is 0 Å². The Kier molecular flexibility index (Phi) is 4.88. The van der Waals surface area contributed by atoms with Gasteiger partial charge in [-0.05, 0) is 31.0 Å². The number of hydrogen-bond acceptors (Lipinski definition) is 1. The molecule has 1 N–H and O–H groups in total. The standard InChI is InChI=1S/C14H15Cl2F3O/c15-8-5-6-12(16)10(7-8)13(20)9-3-1-2-4-11(9)14(17,18)19/h5-7,9,11,13,20H,1-4H2. The average molecular weight is 327 g/mol. The Balaban J connectivity index is 2.30. The van der Waals surface area contributed by atoms with Gasteiger partial charge in [0.1, 0.15) is 0 Å². The van der Waals surface area contributed by atoms with Gasteiger partial charge >= 0.3 is 6.18 Å². The van der Waals surface area contributed by atoms with E-state index in [-0.39, 0.29) is 17.0 Å². The van der Waals surface area contributed by atoms with Crippen LogP contribution in [0.5, 0.6) is 0 Å². The van der Waals surface area contributed by atoms with E-state index >= 15 is 0 Å². The number of halogens is 5. The highest BCUT2D eigenvalue weighted by molar-refractivity contribution is 6.33. The van der Waals surface area contributed by atoms with E-state index in [1.807, 2.05) is 0 Å². The minimum atomic E-state index is -4.29. The van der Waals surface area contributed by atoms with Crippen molar-refractivity contribution in [2.75, 3.05) is 0 Å². The summed E-state index contributed by atoms with van der Waals surface area (Å²) in [5, 5.41) is 10.9. The Labute approximate surface area is 125 Å². The number of aliphatic hydroxyl groups excluding tert-OH is 1. The minimum Gasteiger partial charge on any atom is -0.388 e. The van der Waals surface area contributed by atoms with Gasteiger partial charge in [-0.1, -0.05) is 36.0 Å². The first kappa shape index (κ1) is 15.9. The van der Waals surface area contributed by atoms with Crippen molar-refractivity contribution in [2.45, 2.75) is 38.0 Å². The summed E-state index contributed by atoms with van der Waals surface area (Å²) < 4.78 is 39.2. The Morgan fingerprint density at radius 2 is 1.80 bits per heavy atom. The van der Waals surface area contributed by atoms with Gasteiger partial charge in [-0.25, -0.2) is 0 Å². The van der Waals surface area contributed by atoms with Gasteiger partial charge in [-0.3, -0.25) is 0 Å². The third-order valence-corrected chi connectivity index (χ3v) is 4.50. The second-order valence-electron chi connectivity index (χ2n) is 5.21. The molecule has 20 heavy (non-hydrogen) atoms. The molecule has 1 aromatic rings. The van der Waals surface area contributed by atoms with Crippen molar-refractivity contribution in [2.24, 2.45) is 11.8 Å². The van der Waals surface area contributed by atoms with E-state index in [1.54, 1.807) is 6.07 Å². The maximum Gasteiger partial charge on any atom is 0.392 e. The van der Waals surface area contributed by atoms with E-state index in [1.165, 1.54) is 12.1 Å². The molecule has 1 aliphatic carbocycles. The van der Waals surface area contributed by atoms with Gasteiger partial charge < -0.3 is 5.11 Å². The number of rotatable bonds is 2. The summed E-state index contributed by atoms with van der Waals surface area (Å²) in [7, 11) is 0. The molecule has 1 aromatic carbocycles. The van der Waals surface area contributed by atoms with Gasteiger partial charge in [-0.2, -0.15) is 13.2 Å². The molecule has 1 nitrogen and oxygen atoms in total. The molecular formula is C14H15Cl2F3O. The van der Waals surface area contributed by atoms with Gasteiger partial charge in [-0.15, -0.1) is 0 Å². The molecule has 2 rings (SSSR count). The lowest BCUT2D eigenvalue weighted by atomic mass is 9.74. The van der Waals surface area contributed by atoms with Crippen LogP contribution in [0.3, 0.4) is 0 Å². The fourth-order valence-electron chi connectivity index (χ4n) is 2.92. The summed E-state index contributed by atoms with van der Waals surface area (Å²) in [5.74, 6) is -2.35. The molecule has 0 radical (unpaired) electrons. The van der Waals surface area contributed by atoms with Crippen LogP contribution in [0.4, 0.5) is 13.2 Å². The summed E-state index contributed by atoms with van der Waals surface area (Å²) in [6.45, 7) is 0. The monoisotopic (exact) mass is 326 g/mol. The van der Waals surface area contributed by atoms with Crippen molar-refractivity contribution in [1.29, 1.82) is 0 Å². The predicted octanol–water partition coefficient (Wildman–Crippen LogP) is 5.40. The molecule has 1 fully saturated rings. The first-order valence-corrected chi connectivity index (χ1v) is 7.26. The summed E-state index contributed by atoms with van der Waals surface area (Å²) in [6, 6.07) is 4.48. The van der Waals surface area contributed by atoms with E-state index in [4.69, 9.17) is 23.2 Å². The Morgan fingerprint density at radius 3 is 2.45 bits per heavy atom. The second kappa shape index (κ2) is 6.12. The Bertz CT molecular complexity index is 476. The maximum atomic E-state index is 13.1. The van der Waals surface area contributed by atoms with Gasteiger partial charge in [0.25, 0.3) is 0 Å². The van der Waals surface area contributed by atoms with Crippen LogP contribution in [-0.2, 0) is 0 Å². The van der Waals surface area contributed by atoms with Crippen molar-refractivity contribution in [3.63, 3.8) is 0 Å². The highest BCUT2D eigenvalue weighted by Crippen LogP contribution is 2.47. The number of benzene rings is 1. The molecule has 0 saturated heterocycles. The second-order valence-corrected chi connectivity index (χ2v) is 6.05. The first-order chi connectivity index (χ1) is 9.30. The van der Waals surface area contributed by atoms with Crippen LogP contribution in [0, 0.1) is 11.8 Å². The molecule has 0 spiro atoms. The molecule has 0 heterocycles. The van der Waals surface area contributed by atoms with Crippen LogP contribution in [-0.4, -0.2) is 11.3 Å². The zero-order chi connectivity index (χ0) is 14.9. The van der Waals surface area contributed by atoms with E-state index in [0.29, 0.717) is 24.3 Å². The van der Waals surface area contributed by atoms with Crippen molar-refractivity contribution < 1.29 is 18.3 Å². The number of aliphatic hydroxyl groups is 1. The molecule has 3 unspecified atom stereocenters. The van der Waals surface area contributed by atoms with Crippen molar-refractivity contribution in [3.05, 3.63) is 33.8 Å². The fourth-order valence-corrected chi connectivity index (χ4v) is 3.33. The third-order valence-electron chi connectivity index (χ3n) is 3.92. The zero-order valence-corrected chi connectivity index (χ0v) is 12.1. The van der Waals surface area contributed by atoms with Gasteiger partial charge in [0, 0.05) is 21.5 Å². The van der Waals surface area contributed by atoms with Crippen molar-refractivity contribution >= 4 is 23.2 Å². The normalized spacial score (nSPS) is 25.5. The smallest absolute Gasteiger partial charge is 0.388 e. The van der Waals surface area contributed by atoms with Gasteiger partial charge in [0.2, 0.25) is 0 Å². The van der Waals surface area contributed by atoms with Gasteiger partial charge in [0.05, 0.1) is 12.0 Å². The molecule has 0 aliphatic heterocycles. The average Bonchev–Trinajstić information content (AvgIpc) is 2.40. The molecule has 3 atom stereocenters. The van der Waals surface area contributed by atoms with Gasteiger partial charge in [0.15, 0.2) is 0 Å². The quantitative estimate of drug-likeness (QED) is 0.771. The predicted molar refractivity (Wildman–Crippen MR) is 72.9 cm³/mol. The van der Waals surface area contributed by atoms with Crippen molar-refractivity contribution in [1.82, 2.24) is 0 Å². The third kappa shape index (κ3) is 3.41. The van der Waals surface area contributed by atoms with Crippen LogP contribution in [0.25, 0.3) is 0 Å². The highest BCUT2D eigenvalue weighted by Gasteiger charge is 2.48. The lowest BCUT2D eigenvalue weighted by molar-refractivity contribution is -0.207. The van der Waals surface area contributed by atoms with Crippen LogP contribution in [0.15, 0.2) is 18.2 Å². The molecular weight excluding hydrogens is 312 g/mol. The Hall–Kier alpha value is -0.450. The SMILES string of the molecule is OC(c1cc(Cl)ccc1Cl)C1CCCCC1C(F)(F)F. The van der Waals surface area contributed by atoms with E-state index in [0.717, 1.165) is 0 Å². The number of hydrogen-bond donors (Lipinski definition) is 1. The molecule has 0 bridgehead atoms. The first-order valence-electron chi connectivity index (χ1n) is 6.50. The minimum absolute atomic E-state index is 0.0589. The van der Waals surface area contributed by atoms with E-state index in [2.05, 4.69) is 0 Å². The van der Waals surface area contributed by atoms with E-state index in [9.17, 15) is 18.3 Å².